The molecule has 0 unspecified atom stereocenters. The lowest BCUT2D eigenvalue weighted by Crippen LogP contribution is -2.37. The Hall–Kier alpha value is -1.58. The van der Waals surface area contributed by atoms with E-state index in [1.807, 2.05) is 44.2 Å². The number of amides is 1. The van der Waals surface area contributed by atoms with Crippen LogP contribution >= 0.6 is 23.2 Å². The molecule has 5 heteroatoms. The van der Waals surface area contributed by atoms with Crippen LogP contribution in [0.2, 0.25) is 10.2 Å². The largest absolute Gasteiger partial charge is 0.331 e. The van der Waals surface area contributed by atoms with E-state index in [1.54, 1.807) is 17.0 Å². The molecule has 3 nitrogen and oxygen atoms in total. The lowest BCUT2D eigenvalue weighted by atomic mass is 10.1. The summed E-state index contributed by atoms with van der Waals surface area (Å²) in [5.41, 5.74) is 1.24. The number of carbonyl (C=O) groups excluding carboxylic acids is 1. The molecule has 1 aromatic heterocycles. The second kappa shape index (κ2) is 6.92. The zero-order valence-electron chi connectivity index (χ0n) is 11.9. The fraction of sp³-hybridized carbons (Fsp3) is 0.250. The second-order valence-corrected chi connectivity index (χ2v) is 5.77. The summed E-state index contributed by atoms with van der Waals surface area (Å²) >= 11 is 11.9. The van der Waals surface area contributed by atoms with Gasteiger partial charge in [0.1, 0.15) is 10.8 Å². The molecule has 1 aromatic carbocycles. The summed E-state index contributed by atoms with van der Waals surface area (Å²) in [4.78, 5) is 18.5. The van der Waals surface area contributed by atoms with Crippen molar-refractivity contribution < 1.29 is 4.79 Å². The maximum absolute atomic E-state index is 12.7. The van der Waals surface area contributed by atoms with Gasteiger partial charge in [0.2, 0.25) is 0 Å². The van der Waals surface area contributed by atoms with E-state index in [0.717, 1.165) is 5.56 Å². The average Bonchev–Trinajstić information content (AvgIpc) is 2.47. The lowest BCUT2D eigenvalue weighted by molar-refractivity contribution is 0.0684. The number of rotatable bonds is 4. The van der Waals surface area contributed by atoms with E-state index in [4.69, 9.17) is 23.2 Å². The maximum Gasteiger partial charge on any atom is 0.274 e. The van der Waals surface area contributed by atoms with Crippen molar-refractivity contribution in [1.29, 1.82) is 0 Å². The van der Waals surface area contributed by atoms with Crippen LogP contribution in [0.5, 0.6) is 0 Å². The molecular weight excluding hydrogens is 307 g/mol. The predicted octanol–water partition coefficient (Wildman–Crippen LogP) is 4.44. The van der Waals surface area contributed by atoms with Gasteiger partial charge in [0.15, 0.2) is 0 Å². The van der Waals surface area contributed by atoms with Crippen LogP contribution in [0.3, 0.4) is 0 Å². The van der Waals surface area contributed by atoms with Crippen molar-refractivity contribution >= 4 is 29.1 Å². The predicted molar refractivity (Wildman–Crippen MR) is 85.7 cm³/mol. The van der Waals surface area contributed by atoms with E-state index in [-0.39, 0.29) is 22.8 Å². The molecule has 0 aliphatic heterocycles. The summed E-state index contributed by atoms with van der Waals surface area (Å²) in [6.45, 7) is 4.42. The number of hydrogen-bond donors (Lipinski definition) is 0. The number of hydrogen-bond acceptors (Lipinski definition) is 2. The van der Waals surface area contributed by atoms with Crippen LogP contribution in [-0.4, -0.2) is 21.8 Å². The molecule has 0 aliphatic carbocycles. The molecule has 0 bridgehead atoms. The van der Waals surface area contributed by atoms with Crippen LogP contribution < -0.4 is 0 Å². The third-order valence-electron chi connectivity index (χ3n) is 3.09. The van der Waals surface area contributed by atoms with Gasteiger partial charge in [-0.25, -0.2) is 4.98 Å². The van der Waals surface area contributed by atoms with Crippen molar-refractivity contribution in [2.45, 2.75) is 26.4 Å². The van der Waals surface area contributed by atoms with E-state index in [9.17, 15) is 4.79 Å². The van der Waals surface area contributed by atoms with Crippen LogP contribution in [0, 0.1) is 0 Å². The van der Waals surface area contributed by atoms with E-state index in [1.165, 1.54) is 0 Å². The summed E-state index contributed by atoms with van der Waals surface area (Å²) in [5.74, 6) is -0.221. The fourth-order valence-electron chi connectivity index (χ4n) is 1.97. The smallest absolute Gasteiger partial charge is 0.274 e. The van der Waals surface area contributed by atoms with Gasteiger partial charge in [-0.2, -0.15) is 0 Å². The first kappa shape index (κ1) is 15.8. The van der Waals surface area contributed by atoms with Crippen LogP contribution in [0.25, 0.3) is 0 Å². The minimum atomic E-state index is -0.221. The van der Waals surface area contributed by atoms with E-state index >= 15 is 0 Å². The number of pyridine rings is 1. The Morgan fingerprint density at radius 1 is 1.14 bits per heavy atom. The monoisotopic (exact) mass is 322 g/mol. The highest BCUT2D eigenvalue weighted by Crippen LogP contribution is 2.20. The Bertz CT molecular complexity index is 629. The van der Waals surface area contributed by atoms with Crippen LogP contribution in [0.1, 0.15) is 29.9 Å². The summed E-state index contributed by atoms with van der Waals surface area (Å²) in [6, 6.07) is 13.0. The Morgan fingerprint density at radius 3 is 2.43 bits per heavy atom. The minimum absolute atomic E-state index is 0.0227. The van der Waals surface area contributed by atoms with Crippen molar-refractivity contribution in [2.24, 2.45) is 0 Å². The Morgan fingerprint density at radius 2 is 1.81 bits per heavy atom. The minimum Gasteiger partial charge on any atom is -0.331 e. The molecule has 0 aliphatic rings. The molecule has 1 heterocycles. The van der Waals surface area contributed by atoms with E-state index in [2.05, 4.69) is 4.98 Å². The number of halogens is 2. The quantitative estimate of drug-likeness (QED) is 0.779. The summed E-state index contributed by atoms with van der Waals surface area (Å²) in [6.07, 6.45) is 0. The molecule has 110 valence electrons. The zero-order valence-corrected chi connectivity index (χ0v) is 13.4. The highest BCUT2D eigenvalue weighted by molar-refractivity contribution is 6.34. The van der Waals surface area contributed by atoms with Crippen LogP contribution in [0.4, 0.5) is 0 Å². The lowest BCUT2D eigenvalue weighted by Gasteiger charge is -2.27. The van der Waals surface area contributed by atoms with Crippen molar-refractivity contribution in [2.75, 3.05) is 0 Å². The van der Waals surface area contributed by atoms with Crippen molar-refractivity contribution in [1.82, 2.24) is 9.88 Å². The number of benzene rings is 1. The molecule has 0 saturated carbocycles. The Labute approximate surface area is 134 Å². The molecule has 0 radical (unpaired) electrons. The number of carbonyl (C=O) groups is 1. The molecule has 2 aromatic rings. The van der Waals surface area contributed by atoms with Crippen molar-refractivity contribution in [3.63, 3.8) is 0 Å². The molecule has 0 spiro atoms. The average molecular weight is 323 g/mol. The fourth-order valence-corrected chi connectivity index (χ4v) is 2.31. The first-order valence-electron chi connectivity index (χ1n) is 6.66. The first-order chi connectivity index (χ1) is 9.99. The van der Waals surface area contributed by atoms with Gasteiger partial charge in [-0.05, 0) is 31.5 Å². The van der Waals surface area contributed by atoms with Gasteiger partial charge in [-0.1, -0.05) is 53.5 Å². The summed E-state index contributed by atoms with van der Waals surface area (Å²) < 4.78 is 0. The molecule has 21 heavy (non-hydrogen) atoms. The highest BCUT2D eigenvalue weighted by Gasteiger charge is 2.22. The van der Waals surface area contributed by atoms with Crippen molar-refractivity contribution in [3.8, 4) is 0 Å². The zero-order chi connectivity index (χ0) is 15.4. The van der Waals surface area contributed by atoms with Gasteiger partial charge in [0.25, 0.3) is 5.91 Å². The molecule has 0 N–H and O–H groups in total. The van der Waals surface area contributed by atoms with Gasteiger partial charge in [0, 0.05) is 12.6 Å². The van der Waals surface area contributed by atoms with Gasteiger partial charge < -0.3 is 4.90 Å². The summed E-state index contributed by atoms with van der Waals surface area (Å²) in [5, 5.41) is 0.564. The summed E-state index contributed by atoms with van der Waals surface area (Å²) in [7, 11) is 0. The SMILES string of the molecule is CC(C)N(Cc1ccccc1)C(=O)c1nc(Cl)ccc1Cl. The topological polar surface area (TPSA) is 33.2 Å². The van der Waals surface area contributed by atoms with Crippen LogP contribution in [0.15, 0.2) is 42.5 Å². The van der Waals surface area contributed by atoms with E-state index < -0.39 is 0 Å². The Balaban J connectivity index is 2.30. The van der Waals surface area contributed by atoms with Gasteiger partial charge >= 0.3 is 0 Å². The first-order valence-corrected chi connectivity index (χ1v) is 7.41. The Kier molecular flexibility index (Phi) is 5.21. The number of aromatic nitrogens is 1. The third kappa shape index (κ3) is 3.96. The molecule has 0 fully saturated rings. The third-order valence-corrected chi connectivity index (χ3v) is 3.61. The number of nitrogens with zero attached hydrogens (tertiary/aromatic N) is 2. The van der Waals surface area contributed by atoms with Gasteiger partial charge in [-0.15, -0.1) is 0 Å². The van der Waals surface area contributed by atoms with E-state index in [0.29, 0.717) is 11.6 Å². The van der Waals surface area contributed by atoms with Gasteiger partial charge in [0.05, 0.1) is 5.02 Å². The van der Waals surface area contributed by atoms with Crippen molar-refractivity contribution in [3.05, 3.63) is 63.9 Å². The molecule has 2 rings (SSSR count). The standard InChI is InChI=1S/C16H16Cl2N2O/c1-11(2)20(10-12-6-4-3-5-7-12)16(21)15-13(17)8-9-14(18)19-15/h3-9,11H,10H2,1-2H3. The molecule has 0 atom stereocenters. The molecular formula is C16H16Cl2N2O. The molecule has 0 saturated heterocycles. The molecule has 1 amide bonds. The second-order valence-electron chi connectivity index (χ2n) is 4.98. The highest BCUT2D eigenvalue weighted by atomic mass is 35.5. The normalized spacial score (nSPS) is 10.7. The van der Waals surface area contributed by atoms with Crippen LogP contribution in [-0.2, 0) is 6.54 Å². The van der Waals surface area contributed by atoms with Gasteiger partial charge in [-0.3, -0.25) is 4.79 Å². The maximum atomic E-state index is 12.7.